The normalized spacial score (nSPS) is 11.8. The van der Waals surface area contributed by atoms with E-state index in [4.69, 9.17) is 11.0 Å². The number of nitrogens with zero attached hydrogens (tertiary/aromatic N) is 3. The molecule has 0 saturated heterocycles. The summed E-state index contributed by atoms with van der Waals surface area (Å²) in [6.07, 6.45) is 1.53. The number of hydrogen-bond acceptors (Lipinski definition) is 6. The molecule has 0 spiro atoms. The number of anilines is 2. The molecule has 2 aromatic rings. The van der Waals surface area contributed by atoms with Crippen molar-refractivity contribution in [2.24, 2.45) is 0 Å². The van der Waals surface area contributed by atoms with Gasteiger partial charge in [0.25, 0.3) is 0 Å². The monoisotopic (exact) mass is 259 g/mol. The number of nitrogens with one attached hydrogen (secondary N) is 1. The van der Waals surface area contributed by atoms with Crippen molar-refractivity contribution in [1.82, 2.24) is 9.97 Å². The summed E-state index contributed by atoms with van der Waals surface area (Å²) in [7, 11) is 0. The number of nitriles is 1. The molecule has 2 rings (SSSR count). The molecular formula is C12H13N5S. The highest BCUT2D eigenvalue weighted by Crippen LogP contribution is 2.23. The van der Waals surface area contributed by atoms with Gasteiger partial charge in [-0.05, 0) is 19.9 Å². The lowest BCUT2D eigenvalue weighted by atomic mass is 10.2. The number of hydrogen-bond donors (Lipinski definition) is 2. The van der Waals surface area contributed by atoms with Gasteiger partial charge in [-0.2, -0.15) is 5.26 Å². The molecule has 6 heteroatoms. The predicted octanol–water partition coefficient (Wildman–Crippen LogP) is 2.47. The first-order valence-electron chi connectivity index (χ1n) is 5.44. The van der Waals surface area contributed by atoms with Crippen LogP contribution in [-0.2, 0) is 0 Å². The minimum absolute atomic E-state index is 0.00641. The number of thiazole rings is 1. The van der Waals surface area contributed by atoms with E-state index in [1.165, 1.54) is 6.20 Å². The molecular weight excluding hydrogens is 246 g/mol. The number of rotatable bonds is 3. The fourth-order valence-corrected chi connectivity index (χ4v) is 2.32. The van der Waals surface area contributed by atoms with Gasteiger partial charge in [0.15, 0.2) is 0 Å². The van der Waals surface area contributed by atoms with Gasteiger partial charge in [0, 0.05) is 11.1 Å². The first-order chi connectivity index (χ1) is 8.60. The SMILES string of the molecule is Cc1csc(C(C)Nc2ncc(N)cc2C#N)n1. The molecule has 1 atom stereocenters. The summed E-state index contributed by atoms with van der Waals surface area (Å²) in [6, 6.07) is 3.69. The van der Waals surface area contributed by atoms with Gasteiger partial charge in [-0.1, -0.05) is 0 Å². The van der Waals surface area contributed by atoms with Crippen LogP contribution in [-0.4, -0.2) is 9.97 Å². The lowest BCUT2D eigenvalue weighted by Gasteiger charge is -2.13. The molecule has 1 unspecified atom stereocenters. The summed E-state index contributed by atoms with van der Waals surface area (Å²) in [5.41, 5.74) is 7.51. The largest absolute Gasteiger partial charge is 0.397 e. The predicted molar refractivity (Wildman–Crippen MR) is 72.3 cm³/mol. The fourth-order valence-electron chi connectivity index (χ4n) is 1.52. The molecule has 0 amide bonds. The molecule has 0 aromatic carbocycles. The Morgan fingerprint density at radius 1 is 1.56 bits per heavy atom. The molecule has 0 aliphatic heterocycles. The number of nitrogen functional groups attached to an aromatic ring is 1. The third-order valence-electron chi connectivity index (χ3n) is 2.39. The zero-order chi connectivity index (χ0) is 13.1. The fraction of sp³-hybridized carbons (Fsp3) is 0.250. The summed E-state index contributed by atoms with van der Waals surface area (Å²) in [6.45, 7) is 3.94. The van der Waals surface area contributed by atoms with Crippen LogP contribution in [0.2, 0.25) is 0 Å². The Labute approximate surface area is 109 Å². The second-order valence-corrected chi connectivity index (χ2v) is 4.86. The van der Waals surface area contributed by atoms with Crippen LogP contribution in [0.3, 0.4) is 0 Å². The molecule has 0 saturated carbocycles. The second kappa shape index (κ2) is 5.02. The summed E-state index contributed by atoms with van der Waals surface area (Å²) in [5.74, 6) is 0.534. The van der Waals surface area contributed by atoms with Gasteiger partial charge in [0.05, 0.1) is 23.5 Å². The minimum Gasteiger partial charge on any atom is -0.397 e. The van der Waals surface area contributed by atoms with Crippen molar-refractivity contribution < 1.29 is 0 Å². The molecule has 3 N–H and O–H groups in total. The van der Waals surface area contributed by atoms with Crippen molar-refractivity contribution in [2.45, 2.75) is 19.9 Å². The van der Waals surface area contributed by atoms with Crippen molar-refractivity contribution in [3.63, 3.8) is 0 Å². The molecule has 0 aliphatic carbocycles. The van der Waals surface area contributed by atoms with Crippen molar-refractivity contribution in [3.05, 3.63) is 33.9 Å². The highest BCUT2D eigenvalue weighted by atomic mass is 32.1. The van der Waals surface area contributed by atoms with Crippen LogP contribution in [0, 0.1) is 18.3 Å². The third kappa shape index (κ3) is 2.57. The van der Waals surface area contributed by atoms with Crippen LogP contribution in [0.15, 0.2) is 17.6 Å². The van der Waals surface area contributed by atoms with Crippen LogP contribution in [0.25, 0.3) is 0 Å². The van der Waals surface area contributed by atoms with Crippen LogP contribution in [0.1, 0.15) is 29.2 Å². The van der Waals surface area contributed by atoms with Gasteiger partial charge in [-0.15, -0.1) is 11.3 Å². The molecule has 92 valence electrons. The molecule has 2 heterocycles. The minimum atomic E-state index is 0.00641. The maximum Gasteiger partial charge on any atom is 0.144 e. The highest BCUT2D eigenvalue weighted by Gasteiger charge is 2.12. The first kappa shape index (κ1) is 12.3. The molecule has 5 nitrogen and oxygen atoms in total. The van der Waals surface area contributed by atoms with E-state index in [9.17, 15) is 0 Å². The lowest BCUT2D eigenvalue weighted by molar-refractivity contribution is 0.854. The van der Waals surface area contributed by atoms with Gasteiger partial charge in [0.2, 0.25) is 0 Å². The van der Waals surface area contributed by atoms with Crippen LogP contribution in [0.5, 0.6) is 0 Å². The van der Waals surface area contributed by atoms with Crippen LogP contribution < -0.4 is 11.1 Å². The van der Waals surface area contributed by atoms with Crippen LogP contribution >= 0.6 is 11.3 Å². The Kier molecular flexibility index (Phi) is 3.44. The average molecular weight is 259 g/mol. The number of nitrogens with two attached hydrogens (primary N) is 1. The first-order valence-corrected chi connectivity index (χ1v) is 6.32. The average Bonchev–Trinajstić information content (AvgIpc) is 2.78. The topological polar surface area (TPSA) is 87.6 Å². The zero-order valence-electron chi connectivity index (χ0n) is 10.1. The lowest BCUT2D eigenvalue weighted by Crippen LogP contribution is -2.09. The Bertz CT molecular complexity index is 599. The standard InChI is InChI=1S/C12H13N5S/c1-7-6-18-12(16-7)8(2)17-11-9(4-13)3-10(14)5-15-11/h3,5-6,8H,14H2,1-2H3,(H,15,17). The molecule has 0 bridgehead atoms. The van der Waals surface area contributed by atoms with E-state index in [0.717, 1.165) is 10.7 Å². The van der Waals surface area contributed by atoms with Gasteiger partial charge >= 0.3 is 0 Å². The van der Waals surface area contributed by atoms with Crippen molar-refractivity contribution in [2.75, 3.05) is 11.1 Å². The number of aryl methyl sites for hydroxylation is 1. The van der Waals surface area contributed by atoms with E-state index < -0.39 is 0 Å². The molecule has 2 aromatic heterocycles. The van der Waals surface area contributed by atoms with Gasteiger partial charge in [-0.3, -0.25) is 0 Å². The van der Waals surface area contributed by atoms with Gasteiger partial charge in [0.1, 0.15) is 16.9 Å². The molecule has 0 radical (unpaired) electrons. The highest BCUT2D eigenvalue weighted by molar-refractivity contribution is 7.09. The van der Waals surface area contributed by atoms with Crippen molar-refractivity contribution in [1.29, 1.82) is 5.26 Å². The van der Waals surface area contributed by atoms with Gasteiger partial charge in [-0.25, -0.2) is 9.97 Å². The molecule has 0 fully saturated rings. The molecule has 0 aliphatic rings. The van der Waals surface area contributed by atoms with E-state index in [2.05, 4.69) is 21.4 Å². The Morgan fingerprint density at radius 3 is 2.94 bits per heavy atom. The van der Waals surface area contributed by atoms with E-state index in [0.29, 0.717) is 17.1 Å². The summed E-state index contributed by atoms with van der Waals surface area (Å²) < 4.78 is 0. The Balaban J connectivity index is 2.22. The number of pyridine rings is 1. The van der Waals surface area contributed by atoms with Crippen LogP contribution in [0.4, 0.5) is 11.5 Å². The Hall–Kier alpha value is -2.13. The third-order valence-corrected chi connectivity index (χ3v) is 3.54. The Morgan fingerprint density at radius 2 is 2.33 bits per heavy atom. The van der Waals surface area contributed by atoms with E-state index in [1.54, 1.807) is 17.4 Å². The molecule has 18 heavy (non-hydrogen) atoms. The zero-order valence-corrected chi connectivity index (χ0v) is 11.0. The maximum atomic E-state index is 9.03. The van der Waals surface area contributed by atoms with Gasteiger partial charge < -0.3 is 11.1 Å². The summed E-state index contributed by atoms with van der Waals surface area (Å²) in [4.78, 5) is 8.54. The van der Waals surface area contributed by atoms with E-state index in [1.807, 2.05) is 19.2 Å². The smallest absolute Gasteiger partial charge is 0.144 e. The van der Waals surface area contributed by atoms with E-state index >= 15 is 0 Å². The summed E-state index contributed by atoms with van der Waals surface area (Å²) in [5, 5.41) is 15.2. The number of aromatic nitrogens is 2. The quantitative estimate of drug-likeness (QED) is 0.884. The maximum absolute atomic E-state index is 9.03. The second-order valence-electron chi connectivity index (χ2n) is 3.97. The summed E-state index contributed by atoms with van der Waals surface area (Å²) >= 11 is 1.58. The van der Waals surface area contributed by atoms with Crippen molar-refractivity contribution in [3.8, 4) is 6.07 Å². The van der Waals surface area contributed by atoms with E-state index in [-0.39, 0.29) is 6.04 Å². The van der Waals surface area contributed by atoms with Crippen molar-refractivity contribution >= 4 is 22.8 Å².